The van der Waals surface area contributed by atoms with Gasteiger partial charge in [-0.05, 0) is 50.6 Å². The van der Waals surface area contributed by atoms with E-state index in [1.54, 1.807) is 24.3 Å². The molecule has 2 N–H and O–H groups in total. The van der Waals surface area contributed by atoms with Crippen LogP contribution < -0.4 is 10.6 Å². The van der Waals surface area contributed by atoms with E-state index in [4.69, 9.17) is 23.2 Å². The fourth-order valence-corrected chi connectivity index (χ4v) is 4.25. The number of carbonyl (C=O) groups excluding carboxylic acids is 2. The molecule has 0 radical (unpaired) electrons. The Morgan fingerprint density at radius 3 is 2.62 bits per heavy atom. The zero-order valence-corrected chi connectivity index (χ0v) is 20.2. The highest BCUT2D eigenvalue weighted by Gasteiger charge is 2.21. The number of halogens is 2. The Hall–Kier alpha value is -2.55. The normalized spacial score (nSPS) is 11.8. The van der Waals surface area contributed by atoms with Crippen LogP contribution in [0.2, 0.25) is 10.0 Å². The summed E-state index contributed by atoms with van der Waals surface area (Å²) >= 11 is 13.3. The number of hydrogen-bond donors (Lipinski definition) is 2. The van der Waals surface area contributed by atoms with Crippen LogP contribution in [0.5, 0.6) is 0 Å². The van der Waals surface area contributed by atoms with Gasteiger partial charge in [0.25, 0.3) is 5.91 Å². The standard InChI is InChI=1S/C22H23Cl2N5O2S/c1-4-29-20(14(3)25-21(31)16-8-6-5-7-13(16)2)27-28-22(29)32-12-19(30)26-18-11-15(23)9-10-17(18)24/h5-11,14H,4,12H2,1-3H3,(H,25,31)(H,26,30)/t14-/m1/s1. The molecule has 1 atom stereocenters. The molecule has 0 saturated heterocycles. The molecule has 10 heteroatoms. The minimum atomic E-state index is -0.358. The van der Waals surface area contributed by atoms with Crippen LogP contribution in [0.1, 0.15) is 41.6 Å². The van der Waals surface area contributed by atoms with Crippen molar-refractivity contribution in [3.05, 3.63) is 69.5 Å². The van der Waals surface area contributed by atoms with E-state index in [0.29, 0.717) is 38.8 Å². The highest BCUT2D eigenvalue weighted by Crippen LogP contribution is 2.26. The zero-order valence-electron chi connectivity index (χ0n) is 17.9. The molecule has 0 bridgehead atoms. The molecule has 0 fully saturated rings. The quantitative estimate of drug-likeness (QED) is 0.426. The Morgan fingerprint density at radius 2 is 1.91 bits per heavy atom. The van der Waals surface area contributed by atoms with E-state index in [9.17, 15) is 9.59 Å². The van der Waals surface area contributed by atoms with Crippen molar-refractivity contribution in [3.63, 3.8) is 0 Å². The van der Waals surface area contributed by atoms with Gasteiger partial charge in [0.2, 0.25) is 5.91 Å². The molecule has 2 aromatic carbocycles. The van der Waals surface area contributed by atoms with Gasteiger partial charge in [-0.3, -0.25) is 9.59 Å². The van der Waals surface area contributed by atoms with Crippen LogP contribution in [0.15, 0.2) is 47.6 Å². The maximum atomic E-state index is 12.6. The Morgan fingerprint density at radius 1 is 1.16 bits per heavy atom. The van der Waals surface area contributed by atoms with Crippen LogP contribution in [0.4, 0.5) is 5.69 Å². The van der Waals surface area contributed by atoms with Crippen molar-refractivity contribution in [1.29, 1.82) is 0 Å². The van der Waals surface area contributed by atoms with Crippen LogP contribution >= 0.6 is 35.0 Å². The molecule has 7 nitrogen and oxygen atoms in total. The monoisotopic (exact) mass is 491 g/mol. The lowest BCUT2D eigenvalue weighted by molar-refractivity contribution is -0.113. The van der Waals surface area contributed by atoms with Gasteiger partial charge in [-0.1, -0.05) is 53.2 Å². The molecule has 1 aromatic heterocycles. The van der Waals surface area contributed by atoms with Crippen LogP contribution in [0, 0.1) is 6.92 Å². The lowest BCUT2D eigenvalue weighted by Gasteiger charge is -2.16. The fraction of sp³-hybridized carbons (Fsp3) is 0.273. The van der Waals surface area contributed by atoms with Crippen LogP contribution in [-0.2, 0) is 11.3 Å². The van der Waals surface area contributed by atoms with E-state index in [-0.39, 0.29) is 23.6 Å². The van der Waals surface area contributed by atoms with Gasteiger partial charge in [0.1, 0.15) is 0 Å². The van der Waals surface area contributed by atoms with Gasteiger partial charge in [-0.15, -0.1) is 10.2 Å². The van der Waals surface area contributed by atoms with Crippen molar-refractivity contribution < 1.29 is 9.59 Å². The first kappa shape index (κ1) is 24.1. The lowest BCUT2D eigenvalue weighted by Crippen LogP contribution is -2.29. The van der Waals surface area contributed by atoms with Gasteiger partial charge in [-0.2, -0.15) is 0 Å². The van der Waals surface area contributed by atoms with E-state index in [2.05, 4.69) is 20.8 Å². The second kappa shape index (κ2) is 10.8. The maximum Gasteiger partial charge on any atom is 0.252 e. The Labute approximate surface area is 200 Å². The molecular weight excluding hydrogens is 469 g/mol. The minimum Gasteiger partial charge on any atom is -0.342 e. The van der Waals surface area contributed by atoms with E-state index in [1.165, 1.54) is 11.8 Å². The van der Waals surface area contributed by atoms with Gasteiger partial charge >= 0.3 is 0 Å². The van der Waals surface area contributed by atoms with Crippen molar-refractivity contribution in [2.75, 3.05) is 11.1 Å². The Balaban J connectivity index is 1.65. The number of benzene rings is 2. The number of carbonyl (C=O) groups is 2. The van der Waals surface area contributed by atoms with Crippen molar-refractivity contribution in [1.82, 2.24) is 20.1 Å². The molecule has 0 unspecified atom stereocenters. The van der Waals surface area contributed by atoms with Crippen molar-refractivity contribution in [3.8, 4) is 0 Å². The summed E-state index contributed by atoms with van der Waals surface area (Å²) in [7, 11) is 0. The Kier molecular flexibility index (Phi) is 8.17. The summed E-state index contributed by atoms with van der Waals surface area (Å²) in [5, 5.41) is 15.7. The summed E-state index contributed by atoms with van der Waals surface area (Å²) in [5.41, 5.74) is 1.97. The largest absolute Gasteiger partial charge is 0.342 e. The summed E-state index contributed by atoms with van der Waals surface area (Å²) in [4.78, 5) is 25.0. The molecule has 1 heterocycles. The average molecular weight is 492 g/mol. The molecule has 0 aliphatic carbocycles. The molecule has 0 aliphatic heterocycles. The number of nitrogens with zero attached hydrogens (tertiary/aromatic N) is 3. The van der Waals surface area contributed by atoms with Gasteiger partial charge in [0.15, 0.2) is 11.0 Å². The molecule has 32 heavy (non-hydrogen) atoms. The molecule has 2 amide bonds. The third-order valence-electron chi connectivity index (χ3n) is 4.72. The number of thioether (sulfide) groups is 1. The number of anilines is 1. The number of aromatic nitrogens is 3. The number of amides is 2. The summed E-state index contributed by atoms with van der Waals surface area (Å²) in [6, 6.07) is 11.9. The predicted octanol–water partition coefficient (Wildman–Crippen LogP) is 5.14. The Bertz CT molecular complexity index is 1140. The van der Waals surface area contributed by atoms with E-state index in [1.807, 2.05) is 43.5 Å². The van der Waals surface area contributed by atoms with Gasteiger partial charge < -0.3 is 15.2 Å². The van der Waals surface area contributed by atoms with Gasteiger partial charge in [0.05, 0.1) is 22.5 Å². The molecule has 3 rings (SSSR count). The number of hydrogen-bond acceptors (Lipinski definition) is 5. The van der Waals surface area contributed by atoms with Gasteiger partial charge in [-0.25, -0.2) is 0 Å². The van der Waals surface area contributed by atoms with Gasteiger partial charge in [0, 0.05) is 17.1 Å². The fourth-order valence-electron chi connectivity index (χ4n) is 3.10. The van der Waals surface area contributed by atoms with Crippen molar-refractivity contribution in [2.45, 2.75) is 38.5 Å². The topological polar surface area (TPSA) is 88.9 Å². The second-order valence-electron chi connectivity index (χ2n) is 7.06. The van der Waals surface area contributed by atoms with Crippen LogP contribution in [0.25, 0.3) is 0 Å². The number of rotatable bonds is 8. The molecule has 3 aromatic rings. The summed E-state index contributed by atoms with van der Waals surface area (Å²) in [5.74, 6) is 0.320. The molecule has 168 valence electrons. The molecule has 0 spiro atoms. The predicted molar refractivity (Wildman–Crippen MR) is 129 cm³/mol. The van der Waals surface area contributed by atoms with Crippen molar-refractivity contribution >= 4 is 52.5 Å². The van der Waals surface area contributed by atoms with E-state index < -0.39 is 0 Å². The highest BCUT2D eigenvalue weighted by atomic mass is 35.5. The highest BCUT2D eigenvalue weighted by molar-refractivity contribution is 7.99. The first-order valence-corrected chi connectivity index (χ1v) is 11.7. The third-order valence-corrected chi connectivity index (χ3v) is 6.25. The third kappa shape index (κ3) is 5.82. The lowest BCUT2D eigenvalue weighted by atomic mass is 10.1. The van der Waals surface area contributed by atoms with Crippen LogP contribution in [0.3, 0.4) is 0 Å². The molecular formula is C22H23Cl2N5O2S. The van der Waals surface area contributed by atoms with E-state index >= 15 is 0 Å². The van der Waals surface area contributed by atoms with Crippen molar-refractivity contribution in [2.24, 2.45) is 0 Å². The van der Waals surface area contributed by atoms with Crippen LogP contribution in [-0.4, -0.2) is 32.3 Å². The summed E-state index contributed by atoms with van der Waals surface area (Å²) in [6.07, 6.45) is 0. The van der Waals surface area contributed by atoms with E-state index in [0.717, 1.165) is 5.56 Å². The summed E-state index contributed by atoms with van der Waals surface area (Å²) in [6.45, 7) is 6.30. The molecule has 0 aliphatic rings. The number of nitrogens with one attached hydrogen (secondary N) is 2. The maximum absolute atomic E-state index is 12.6. The first-order valence-electron chi connectivity index (χ1n) is 9.97. The SMILES string of the molecule is CCn1c(SCC(=O)Nc2cc(Cl)ccc2Cl)nnc1[C@@H](C)NC(=O)c1ccccc1C. The molecule has 0 saturated carbocycles. The minimum absolute atomic E-state index is 0.116. The smallest absolute Gasteiger partial charge is 0.252 e. The average Bonchev–Trinajstić information content (AvgIpc) is 3.18. The summed E-state index contributed by atoms with van der Waals surface area (Å²) < 4.78 is 1.88. The first-order chi connectivity index (χ1) is 15.3. The number of aryl methyl sites for hydroxylation is 1. The second-order valence-corrected chi connectivity index (χ2v) is 8.84. The zero-order chi connectivity index (χ0) is 23.3.